The maximum atomic E-state index is 14.0. The van der Waals surface area contributed by atoms with Gasteiger partial charge in [0.2, 0.25) is 5.91 Å². The molecule has 12 atom stereocenters. The standard InChI is InChI=1S/C32H44N2O9/c1-6-34-16-28(43-26(36)18-9-7-8-10-20(18)33-17(2)35)12-11-24(41-4)31-22-13-19-21(40-3)14-30(38,32(22,39)25(19)42-5)29(37,27(31)34)15-23(28)31/h7-10,19,21-25,27,37-39H,6,11-16H2,1-5H3,(H,33,35)/t19-,21+,22+,23-,24+,25+,27?,28-,29-,30+,31-,32+/m1/s1. The van der Waals surface area contributed by atoms with Crippen LogP contribution in [-0.4, -0.2) is 113 Å². The van der Waals surface area contributed by atoms with Crippen LogP contribution in [0.1, 0.15) is 56.3 Å². The first-order chi connectivity index (χ1) is 20.4. The first-order valence-electron chi connectivity index (χ1n) is 15.5. The van der Waals surface area contributed by atoms with E-state index in [4.69, 9.17) is 18.9 Å². The third kappa shape index (κ3) is 3.24. The Labute approximate surface area is 251 Å². The lowest BCUT2D eigenvalue weighted by molar-refractivity contribution is -0.369. The van der Waals surface area contributed by atoms with Gasteiger partial charge in [-0.1, -0.05) is 19.1 Å². The number of hydrogen-bond acceptors (Lipinski definition) is 10. The monoisotopic (exact) mass is 600 g/mol. The topological polar surface area (TPSA) is 147 Å². The molecule has 0 radical (unpaired) electrons. The summed E-state index contributed by atoms with van der Waals surface area (Å²) >= 11 is 0. The molecule has 1 unspecified atom stereocenters. The van der Waals surface area contributed by atoms with Crippen LogP contribution in [0.25, 0.3) is 0 Å². The van der Waals surface area contributed by atoms with Crippen LogP contribution in [-0.2, 0) is 23.7 Å². The van der Waals surface area contributed by atoms with Crippen molar-refractivity contribution in [1.29, 1.82) is 0 Å². The second-order valence-electron chi connectivity index (χ2n) is 13.9. The van der Waals surface area contributed by atoms with Gasteiger partial charge in [0.25, 0.3) is 0 Å². The number of aliphatic hydroxyl groups is 3. The van der Waals surface area contributed by atoms with Gasteiger partial charge in [0.15, 0.2) is 0 Å². The van der Waals surface area contributed by atoms with Crippen LogP contribution in [0.5, 0.6) is 0 Å². The molecular formula is C32H44N2O9. The summed E-state index contributed by atoms with van der Waals surface area (Å²) in [7, 11) is 4.82. The highest BCUT2D eigenvalue weighted by atomic mass is 16.6. The van der Waals surface area contributed by atoms with Gasteiger partial charge in [-0.05, 0) is 44.4 Å². The fourth-order valence-electron chi connectivity index (χ4n) is 11.6. The van der Waals surface area contributed by atoms with Crippen LogP contribution >= 0.6 is 0 Å². The summed E-state index contributed by atoms with van der Waals surface area (Å²) in [5.74, 6) is -1.97. The average molecular weight is 601 g/mol. The van der Waals surface area contributed by atoms with E-state index in [0.29, 0.717) is 38.0 Å². The van der Waals surface area contributed by atoms with E-state index in [2.05, 4.69) is 10.2 Å². The minimum Gasteiger partial charge on any atom is -0.454 e. The summed E-state index contributed by atoms with van der Waals surface area (Å²) in [4.78, 5) is 28.1. The average Bonchev–Trinajstić information content (AvgIpc) is 3.36. The Morgan fingerprint density at radius 2 is 1.79 bits per heavy atom. The second kappa shape index (κ2) is 9.45. The molecule has 1 amide bonds. The molecule has 11 nitrogen and oxygen atoms in total. The Hall–Kier alpha value is -2.12. The van der Waals surface area contributed by atoms with E-state index in [-0.39, 0.29) is 36.3 Å². The zero-order valence-corrected chi connectivity index (χ0v) is 25.5. The van der Waals surface area contributed by atoms with E-state index < -0.39 is 63.9 Å². The van der Waals surface area contributed by atoms with E-state index in [1.54, 1.807) is 45.6 Å². The number of ether oxygens (including phenoxy) is 4. The Balaban J connectivity index is 1.41. The van der Waals surface area contributed by atoms with Gasteiger partial charge in [0.05, 0.1) is 35.6 Å². The normalized spacial score (nSPS) is 49.1. The third-order valence-corrected chi connectivity index (χ3v) is 12.7. The number of amides is 1. The summed E-state index contributed by atoms with van der Waals surface area (Å²) < 4.78 is 24.8. The zero-order chi connectivity index (χ0) is 30.7. The number of fused-ring (bicyclic) bond motifs is 2. The van der Waals surface area contributed by atoms with Gasteiger partial charge in [-0.2, -0.15) is 0 Å². The Morgan fingerprint density at radius 3 is 2.44 bits per heavy atom. The molecule has 1 aromatic carbocycles. The molecule has 7 bridgehead atoms. The lowest BCUT2D eigenvalue weighted by Crippen LogP contribution is -2.87. The minimum absolute atomic E-state index is 0.0723. The van der Waals surface area contributed by atoms with Gasteiger partial charge < -0.3 is 39.6 Å². The van der Waals surface area contributed by atoms with Crippen molar-refractivity contribution in [1.82, 2.24) is 4.90 Å². The van der Waals surface area contributed by atoms with E-state index in [9.17, 15) is 24.9 Å². The van der Waals surface area contributed by atoms with Crippen molar-refractivity contribution in [2.75, 3.05) is 39.7 Å². The van der Waals surface area contributed by atoms with E-state index in [1.165, 1.54) is 6.92 Å². The van der Waals surface area contributed by atoms with Crippen molar-refractivity contribution >= 4 is 17.6 Å². The Kier molecular flexibility index (Phi) is 6.50. The van der Waals surface area contributed by atoms with E-state index in [0.717, 1.165) is 0 Å². The number of nitrogens with zero attached hydrogens (tertiary/aromatic N) is 1. The number of hydrogen-bond donors (Lipinski definition) is 4. The van der Waals surface area contributed by atoms with Gasteiger partial charge in [-0.15, -0.1) is 0 Å². The predicted octanol–water partition coefficient (Wildman–Crippen LogP) is 1.34. The molecule has 1 aromatic rings. The van der Waals surface area contributed by atoms with Gasteiger partial charge in [0, 0.05) is 64.4 Å². The number of rotatable bonds is 7. The lowest BCUT2D eigenvalue weighted by atomic mass is 9.43. The van der Waals surface area contributed by atoms with Gasteiger partial charge >= 0.3 is 5.97 Å². The van der Waals surface area contributed by atoms with Crippen molar-refractivity contribution in [2.24, 2.45) is 23.2 Å². The molecule has 5 saturated carbocycles. The summed E-state index contributed by atoms with van der Waals surface area (Å²) in [6, 6.07) is 6.23. The second-order valence-corrected chi connectivity index (χ2v) is 13.9. The number of carbonyl (C=O) groups excluding carboxylic acids is 2. The number of likely N-dealkylation sites (tertiary alicyclic amines) is 1. The molecule has 1 spiro atoms. The molecule has 11 heteroatoms. The number of piperidine rings is 1. The number of carbonyl (C=O) groups is 2. The molecule has 7 rings (SSSR count). The number of nitrogens with one attached hydrogen (secondary N) is 1. The van der Waals surface area contributed by atoms with E-state index in [1.807, 2.05) is 6.92 Å². The smallest absolute Gasteiger partial charge is 0.340 e. The number of esters is 1. The number of methoxy groups -OCH3 is 3. The number of para-hydroxylation sites is 1. The molecule has 1 heterocycles. The highest BCUT2D eigenvalue weighted by molar-refractivity contribution is 6.00. The maximum absolute atomic E-state index is 14.0. The number of likely N-dealkylation sites (N-methyl/N-ethyl adjacent to an activating group) is 1. The predicted molar refractivity (Wildman–Crippen MR) is 153 cm³/mol. The summed E-state index contributed by atoms with van der Waals surface area (Å²) in [5, 5.41) is 41.5. The largest absolute Gasteiger partial charge is 0.454 e. The summed E-state index contributed by atoms with van der Waals surface area (Å²) in [5.41, 5.74) is -6.72. The maximum Gasteiger partial charge on any atom is 0.340 e. The van der Waals surface area contributed by atoms with Crippen molar-refractivity contribution in [2.45, 2.75) is 92.7 Å². The molecule has 5 aliphatic carbocycles. The fourth-order valence-corrected chi connectivity index (χ4v) is 11.6. The van der Waals surface area contributed by atoms with Crippen LogP contribution in [0, 0.1) is 23.2 Å². The highest BCUT2D eigenvalue weighted by Crippen LogP contribution is 2.80. The zero-order valence-electron chi connectivity index (χ0n) is 25.5. The SMILES string of the molecule is CCN1C[C@]2(OC(=O)c3ccccc3NC(C)=O)CC[C@H](OC)[C@]34C1[C@](O)(C[C@H]23)[C@@]1(O)C[C@H](OC)[C@H]2C[C@@H]4[C@]1(O)[C@H]2OC. The molecule has 236 valence electrons. The van der Waals surface area contributed by atoms with Crippen molar-refractivity contribution in [3.05, 3.63) is 29.8 Å². The van der Waals surface area contributed by atoms with Crippen LogP contribution in [0.3, 0.4) is 0 Å². The van der Waals surface area contributed by atoms with Crippen LogP contribution < -0.4 is 5.32 Å². The number of anilines is 1. The summed E-state index contributed by atoms with van der Waals surface area (Å²) in [6.45, 7) is 4.30. The fraction of sp³-hybridized carbons (Fsp3) is 0.750. The molecule has 0 aromatic heterocycles. The first kappa shape index (κ1) is 29.6. The van der Waals surface area contributed by atoms with Gasteiger partial charge in [-0.3, -0.25) is 9.69 Å². The molecule has 1 saturated heterocycles. The molecule has 4 N–H and O–H groups in total. The van der Waals surface area contributed by atoms with Crippen molar-refractivity contribution in [3.8, 4) is 0 Å². The third-order valence-electron chi connectivity index (χ3n) is 12.7. The first-order valence-corrected chi connectivity index (χ1v) is 15.5. The molecule has 6 fully saturated rings. The van der Waals surface area contributed by atoms with Crippen LogP contribution in [0.4, 0.5) is 5.69 Å². The quantitative estimate of drug-likeness (QED) is 0.338. The van der Waals surface area contributed by atoms with Crippen molar-refractivity contribution < 1.29 is 43.9 Å². The van der Waals surface area contributed by atoms with Crippen molar-refractivity contribution in [3.63, 3.8) is 0 Å². The highest BCUT2D eigenvalue weighted by Gasteiger charge is 2.93. The lowest BCUT2D eigenvalue weighted by Gasteiger charge is -2.71. The van der Waals surface area contributed by atoms with Crippen LogP contribution in [0.2, 0.25) is 0 Å². The minimum atomic E-state index is -1.93. The Bertz CT molecular complexity index is 1340. The molecule has 1 aliphatic heterocycles. The summed E-state index contributed by atoms with van der Waals surface area (Å²) in [6.07, 6.45) is 0.245. The Morgan fingerprint density at radius 1 is 1.05 bits per heavy atom. The molecular weight excluding hydrogens is 556 g/mol. The van der Waals surface area contributed by atoms with Gasteiger partial charge in [-0.25, -0.2) is 4.79 Å². The van der Waals surface area contributed by atoms with Crippen LogP contribution in [0.15, 0.2) is 24.3 Å². The molecule has 6 aliphatic rings. The molecule has 43 heavy (non-hydrogen) atoms. The van der Waals surface area contributed by atoms with E-state index >= 15 is 0 Å². The number of benzene rings is 1. The van der Waals surface area contributed by atoms with Gasteiger partial charge in [0.1, 0.15) is 22.4 Å².